The summed E-state index contributed by atoms with van der Waals surface area (Å²) in [5, 5.41) is 2.58. The van der Waals surface area contributed by atoms with Crippen LogP contribution in [0.4, 0.5) is 5.69 Å². The largest absolute Gasteiger partial charge is 0.492 e. The fourth-order valence-electron chi connectivity index (χ4n) is 2.35. The van der Waals surface area contributed by atoms with Gasteiger partial charge in [0.05, 0.1) is 17.2 Å². The number of benzene rings is 2. The van der Waals surface area contributed by atoms with Crippen molar-refractivity contribution in [3.8, 4) is 5.75 Å². The summed E-state index contributed by atoms with van der Waals surface area (Å²) in [6.45, 7) is 4.78. The van der Waals surface area contributed by atoms with E-state index in [4.69, 9.17) is 9.47 Å². The van der Waals surface area contributed by atoms with Gasteiger partial charge in [-0.1, -0.05) is 18.2 Å². The molecule has 156 valence electrons. The van der Waals surface area contributed by atoms with Gasteiger partial charge in [-0.15, -0.1) is 0 Å². The Hall–Kier alpha value is -2.91. The van der Waals surface area contributed by atoms with Crippen LogP contribution in [-0.2, 0) is 24.3 Å². The lowest BCUT2D eigenvalue weighted by molar-refractivity contribution is -0.146. The minimum absolute atomic E-state index is 0.0543. The number of carbonyl (C=O) groups is 2. The Morgan fingerprint density at radius 2 is 1.76 bits per heavy atom. The summed E-state index contributed by atoms with van der Waals surface area (Å²) >= 11 is 0. The number of anilines is 1. The Morgan fingerprint density at radius 3 is 2.45 bits per heavy atom. The van der Waals surface area contributed by atoms with E-state index >= 15 is 0 Å². The third kappa shape index (κ3) is 6.58. The summed E-state index contributed by atoms with van der Waals surface area (Å²) < 4.78 is 36.9. The lowest BCUT2D eigenvalue weighted by atomic mass is 10.1. The number of para-hydroxylation sites is 2. The number of amides is 1. The summed E-state index contributed by atoms with van der Waals surface area (Å²) in [5.41, 5.74) is 2.23. The van der Waals surface area contributed by atoms with E-state index in [1.807, 2.05) is 13.8 Å². The fourth-order valence-corrected chi connectivity index (χ4v) is 3.41. The van der Waals surface area contributed by atoms with Crippen LogP contribution in [0.2, 0.25) is 0 Å². The third-order valence-corrected chi connectivity index (χ3v) is 5.42. The van der Waals surface area contributed by atoms with Crippen LogP contribution in [0.3, 0.4) is 0 Å². The molecule has 0 fully saturated rings. The van der Waals surface area contributed by atoms with Gasteiger partial charge in [0.2, 0.25) is 10.0 Å². The molecule has 8 nitrogen and oxygen atoms in total. The lowest BCUT2D eigenvalue weighted by Crippen LogP contribution is -2.32. The number of nitrogens with one attached hydrogen (secondary N) is 2. The van der Waals surface area contributed by atoms with Gasteiger partial charge in [-0.25, -0.2) is 8.42 Å². The van der Waals surface area contributed by atoms with Crippen molar-refractivity contribution in [2.75, 3.05) is 25.1 Å². The van der Waals surface area contributed by atoms with Crippen molar-refractivity contribution >= 4 is 27.6 Å². The van der Waals surface area contributed by atoms with Crippen LogP contribution in [0.25, 0.3) is 0 Å². The van der Waals surface area contributed by atoms with E-state index in [2.05, 4.69) is 10.0 Å². The predicted molar refractivity (Wildman–Crippen MR) is 108 cm³/mol. The highest BCUT2D eigenvalue weighted by Gasteiger charge is 2.17. The van der Waals surface area contributed by atoms with E-state index in [9.17, 15) is 18.0 Å². The monoisotopic (exact) mass is 420 g/mol. The Labute approximate surface area is 170 Å². The molecular formula is C20H24N2O6S. The van der Waals surface area contributed by atoms with Crippen LogP contribution in [0.15, 0.2) is 47.4 Å². The van der Waals surface area contributed by atoms with Gasteiger partial charge in [0.15, 0.2) is 6.61 Å². The Morgan fingerprint density at radius 1 is 1.03 bits per heavy atom. The summed E-state index contributed by atoms with van der Waals surface area (Å²) in [6, 6.07) is 11.5. The van der Waals surface area contributed by atoms with E-state index in [1.54, 1.807) is 37.3 Å². The molecule has 0 aliphatic heterocycles. The molecule has 0 spiro atoms. The minimum atomic E-state index is -3.86. The van der Waals surface area contributed by atoms with Crippen LogP contribution in [0.1, 0.15) is 18.1 Å². The molecule has 2 aromatic carbocycles. The van der Waals surface area contributed by atoms with E-state index in [-0.39, 0.29) is 4.90 Å². The molecule has 9 heteroatoms. The third-order valence-electron chi connectivity index (χ3n) is 4.02. The smallest absolute Gasteiger partial charge is 0.321 e. The molecular weight excluding hydrogens is 396 g/mol. The zero-order chi connectivity index (χ0) is 21.4. The van der Waals surface area contributed by atoms with Crippen molar-refractivity contribution in [2.24, 2.45) is 0 Å². The van der Waals surface area contributed by atoms with Crippen LogP contribution < -0.4 is 14.8 Å². The first-order chi connectivity index (χ1) is 13.7. The van der Waals surface area contributed by atoms with Crippen LogP contribution in [0.5, 0.6) is 5.75 Å². The van der Waals surface area contributed by atoms with Crippen LogP contribution in [0, 0.1) is 13.8 Å². The van der Waals surface area contributed by atoms with Crippen molar-refractivity contribution in [3.63, 3.8) is 0 Å². The van der Waals surface area contributed by atoms with Crippen molar-refractivity contribution < 1.29 is 27.5 Å². The highest BCUT2D eigenvalue weighted by Crippen LogP contribution is 2.23. The van der Waals surface area contributed by atoms with Gasteiger partial charge in [0.1, 0.15) is 12.3 Å². The average molecular weight is 420 g/mol. The molecule has 1 amide bonds. The molecule has 2 aromatic rings. The van der Waals surface area contributed by atoms with Gasteiger partial charge in [0.25, 0.3) is 5.91 Å². The molecule has 0 aromatic heterocycles. The standard InChI is InChI=1S/C20H24N2O6S/c1-4-27-18-8-6-5-7-17(18)22-19(23)13-28-20(24)12-21-29(25,26)16-10-9-14(2)15(3)11-16/h5-11,21H,4,12-13H2,1-3H3,(H,22,23). The average Bonchev–Trinajstić information content (AvgIpc) is 2.68. The van der Waals surface area contributed by atoms with Gasteiger partial charge >= 0.3 is 5.97 Å². The first-order valence-electron chi connectivity index (χ1n) is 8.97. The van der Waals surface area contributed by atoms with E-state index in [0.717, 1.165) is 11.1 Å². The molecule has 2 N–H and O–H groups in total. The zero-order valence-corrected chi connectivity index (χ0v) is 17.3. The molecule has 0 aliphatic carbocycles. The van der Waals surface area contributed by atoms with Crippen LogP contribution in [-0.4, -0.2) is 40.1 Å². The van der Waals surface area contributed by atoms with Gasteiger partial charge in [-0.05, 0) is 56.2 Å². The number of ether oxygens (including phenoxy) is 2. The number of carbonyl (C=O) groups excluding carboxylic acids is 2. The topological polar surface area (TPSA) is 111 Å². The number of sulfonamides is 1. The molecule has 0 radical (unpaired) electrons. The first-order valence-corrected chi connectivity index (χ1v) is 10.5. The summed E-state index contributed by atoms with van der Waals surface area (Å²) in [4.78, 5) is 23.9. The highest BCUT2D eigenvalue weighted by atomic mass is 32.2. The number of hydrogen-bond donors (Lipinski definition) is 2. The van der Waals surface area contributed by atoms with E-state index in [0.29, 0.717) is 18.0 Å². The highest BCUT2D eigenvalue weighted by molar-refractivity contribution is 7.89. The van der Waals surface area contributed by atoms with Crippen molar-refractivity contribution in [2.45, 2.75) is 25.7 Å². The molecule has 2 rings (SSSR count). The van der Waals surface area contributed by atoms with E-state index < -0.39 is 35.1 Å². The normalized spacial score (nSPS) is 11.0. The van der Waals surface area contributed by atoms with Crippen molar-refractivity contribution in [3.05, 3.63) is 53.6 Å². The Kier molecular flexibility index (Phi) is 7.74. The second-order valence-electron chi connectivity index (χ2n) is 6.21. The van der Waals surface area contributed by atoms with Gasteiger partial charge in [-0.2, -0.15) is 4.72 Å². The second kappa shape index (κ2) is 10.0. The maximum atomic E-state index is 12.3. The Balaban J connectivity index is 1.85. The van der Waals surface area contributed by atoms with Crippen molar-refractivity contribution in [1.29, 1.82) is 0 Å². The van der Waals surface area contributed by atoms with Crippen LogP contribution >= 0.6 is 0 Å². The molecule has 0 bridgehead atoms. The molecule has 0 saturated heterocycles. The fraction of sp³-hybridized carbons (Fsp3) is 0.300. The summed E-state index contributed by atoms with van der Waals surface area (Å²) in [5.74, 6) is -0.941. The number of rotatable bonds is 9. The number of esters is 1. The zero-order valence-electron chi connectivity index (χ0n) is 16.5. The predicted octanol–water partition coefficient (Wildman–Crippen LogP) is 2.16. The molecule has 29 heavy (non-hydrogen) atoms. The SMILES string of the molecule is CCOc1ccccc1NC(=O)COC(=O)CNS(=O)(=O)c1ccc(C)c(C)c1. The number of aryl methyl sites for hydroxylation is 2. The summed E-state index contributed by atoms with van der Waals surface area (Å²) in [7, 11) is -3.86. The molecule has 0 unspecified atom stereocenters. The maximum Gasteiger partial charge on any atom is 0.321 e. The molecule has 0 saturated carbocycles. The van der Waals surface area contributed by atoms with Gasteiger partial charge in [0, 0.05) is 0 Å². The number of hydrogen-bond acceptors (Lipinski definition) is 6. The molecule has 0 aliphatic rings. The minimum Gasteiger partial charge on any atom is -0.492 e. The molecule has 0 atom stereocenters. The van der Waals surface area contributed by atoms with Gasteiger partial charge < -0.3 is 14.8 Å². The van der Waals surface area contributed by atoms with Gasteiger partial charge in [-0.3, -0.25) is 9.59 Å². The van der Waals surface area contributed by atoms with E-state index in [1.165, 1.54) is 12.1 Å². The van der Waals surface area contributed by atoms with Crippen molar-refractivity contribution in [1.82, 2.24) is 4.72 Å². The maximum absolute atomic E-state index is 12.3. The first kappa shape index (κ1) is 22.4. The quantitative estimate of drug-likeness (QED) is 0.602. The second-order valence-corrected chi connectivity index (χ2v) is 7.98. The summed E-state index contributed by atoms with van der Waals surface area (Å²) in [6.07, 6.45) is 0. The Bertz CT molecular complexity index is 988. The molecule has 0 heterocycles. The lowest BCUT2D eigenvalue weighted by Gasteiger charge is -2.11.